The third-order valence-corrected chi connectivity index (χ3v) is 23.2. The molecule has 4 aromatic carbocycles. The summed E-state index contributed by atoms with van der Waals surface area (Å²) in [6, 6.07) is 38.9. The number of aromatic nitrogens is 2. The van der Waals surface area contributed by atoms with E-state index in [2.05, 4.69) is 139 Å². The number of nitrogens with zero attached hydrogens (tertiary/aromatic N) is 2. The number of rotatable bonds is 33. The maximum atomic E-state index is 5.11. The largest absolute Gasteiger partial charge is 0.172 e. The smallest absolute Gasteiger partial charge is 0.114 e. The molecule has 1 aliphatic carbocycles. The Morgan fingerprint density at radius 3 is 1.40 bits per heavy atom. The molecule has 0 fully saturated rings. The summed E-state index contributed by atoms with van der Waals surface area (Å²) in [6.45, 7) is 13.9. The van der Waals surface area contributed by atoms with Crippen molar-refractivity contribution in [3.63, 3.8) is 0 Å². The van der Waals surface area contributed by atoms with E-state index >= 15 is 0 Å². The third kappa shape index (κ3) is 13.4. The van der Waals surface area contributed by atoms with Crippen LogP contribution in [0.3, 0.4) is 0 Å². The maximum Gasteiger partial charge on any atom is 0.114 e. The van der Waals surface area contributed by atoms with E-state index in [9.17, 15) is 0 Å². The summed E-state index contributed by atoms with van der Waals surface area (Å²) in [6.07, 6.45) is 36.3. The molecule has 0 radical (unpaired) electrons. The van der Waals surface area contributed by atoms with Crippen molar-refractivity contribution < 1.29 is 0 Å². The van der Waals surface area contributed by atoms with Gasteiger partial charge in [0.25, 0.3) is 0 Å². The highest BCUT2D eigenvalue weighted by molar-refractivity contribution is 7.25. The van der Waals surface area contributed by atoms with Gasteiger partial charge in [0.15, 0.2) is 0 Å². The zero-order valence-corrected chi connectivity index (χ0v) is 53.6. The van der Waals surface area contributed by atoms with Crippen LogP contribution < -0.4 is 0 Å². The number of fused-ring (bicyclic) bond motifs is 6. The first kappa shape index (κ1) is 58.9. The predicted octanol–water partition coefficient (Wildman–Crippen LogP) is 25.6. The third-order valence-electron chi connectivity index (χ3n) is 17.7. The molecule has 5 aromatic heterocycles. The van der Waals surface area contributed by atoms with Crippen LogP contribution in [0.25, 0.3) is 83.8 Å². The monoisotopic (exact) mass is 1150 g/mol. The van der Waals surface area contributed by atoms with E-state index < -0.39 is 0 Å². The van der Waals surface area contributed by atoms with Crippen molar-refractivity contribution in [1.82, 2.24) is 8.75 Å². The van der Waals surface area contributed by atoms with Gasteiger partial charge in [-0.05, 0) is 150 Å². The molecule has 10 rings (SSSR count). The molecular weight excluding hydrogens is 1070 g/mol. The summed E-state index contributed by atoms with van der Waals surface area (Å²) in [5.74, 6) is 0. The van der Waals surface area contributed by atoms with Crippen molar-refractivity contribution in [3.8, 4) is 62.0 Å². The summed E-state index contributed by atoms with van der Waals surface area (Å²) in [5.41, 5.74) is 16.6. The minimum atomic E-state index is 0.0221. The molecular formula is C73H90N2S5. The molecule has 7 heteroatoms. The first-order valence-electron chi connectivity index (χ1n) is 31.7. The number of hydrogen-bond acceptors (Lipinski definition) is 7. The molecule has 5 heterocycles. The van der Waals surface area contributed by atoms with Gasteiger partial charge in [0, 0.05) is 55.6 Å². The highest BCUT2D eigenvalue weighted by Gasteiger charge is 2.43. The van der Waals surface area contributed by atoms with Crippen LogP contribution >= 0.6 is 57.1 Å². The molecule has 0 bridgehead atoms. The van der Waals surface area contributed by atoms with Crippen molar-refractivity contribution in [2.45, 2.75) is 227 Å². The van der Waals surface area contributed by atoms with E-state index in [-0.39, 0.29) is 5.41 Å². The predicted molar refractivity (Wildman–Crippen MR) is 359 cm³/mol. The van der Waals surface area contributed by atoms with E-state index in [1.54, 1.807) is 11.1 Å². The lowest BCUT2D eigenvalue weighted by atomic mass is 9.70. The molecule has 0 amide bonds. The number of unbranched alkanes of at least 4 members (excludes halogenated alkanes) is 20. The Morgan fingerprint density at radius 1 is 0.388 bits per heavy atom. The molecule has 80 heavy (non-hydrogen) atoms. The Balaban J connectivity index is 0.996. The van der Waals surface area contributed by atoms with Gasteiger partial charge in [-0.3, -0.25) is 0 Å². The Labute approximate surface area is 502 Å². The second-order valence-corrected chi connectivity index (χ2v) is 28.7. The molecule has 1 aliphatic rings. The average molecular weight is 1160 g/mol. The fraction of sp³-hybridized carbons (Fsp3) is 0.479. The highest BCUT2D eigenvalue weighted by Crippen LogP contribution is 2.58. The quantitative estimate of drug-likeness (QED) is 0.0383. The molecule has 0 aliphatic heterocycles. The molecule has 2 nitrogen and oxygen atoms in total. The molecule has 0 N–H and O–H groups in total. The van der Waals surface area contributed by atoms with Gasteiger partial charge in [-0.2, -0.15) is 8.75 Å². The second kappa shape index (κ2) is 28.8. The number of benzene rings is 4. The van der Waals surface area contributed by atoms with Gasteiger partial charge in [0.2, 0.25) is 0 Å². The SMILES string of the molecule is CCCCCCCCc1cc(-c2ccc(-c3cc(CCCCCCCC)c(-c4ccc(-c5ccc6c(c5)C(CCCCCCCC)(CCCCCCCC)c5cc(C)c7ccccc7c5-6)s4)s3)c3nsnc23)sc1-c1ccc(C)s1. The Morgan fingerprint density at radius 2 is 0.863 bits per heavy atom. The van der Waals surface area contributed by atoms with Gasteiger partial charge < -0.3 is 0 Å². The van der Waals surface area contributed by atoms with Crippen molar-refractivity contribution in [3.05, 3.63) is 130 Å². The lowest BCUT2D eigenvalue weighted by Gasteiger charge is -2.33. The van der Waals surface area contributed by atoms with Crippen molar-refractivity contribution in [2.75, 3.05) is 0 Å². The minimum absolute atomic E-state index is 0.0221. The van der Waals surface area contributed by atoms with Crippen LogP contribution in [-0.2, 0) is 18.3 Å². The Kier molecular flexibility index (Phi) is 21.2. The van der Waals surface area contributed by atoms with E-state index in [1.165, 1.54) is 273 Å². The van der Waals surface area contributed by atoms with Gasteiger partial charge in [0.05, 0.1) is 11.7 Å². The number of hydrogen-bond donors (Lipinski definition) is 0. The van der Waals surface area contributed by atoms with Crippen molar-refractivity contribution in [1.29, 1.82) is 0 Å². The van der Waals surface area contributed by atoms with E-state index in [0.717, 1.165) is 23.9 Å². The van der Waals surface area contributed by atoms with Gasteiger partial charge in [0.1, 0.15) is 11.0 Å². The highest BCUT2D eigenvalue weighted by atomic mass is 32.1. The Hall–Kier alpha value is -4.24. The maximum absolute atomic E-state index is 5.11. The van der Waals surface area contributed by atoms with Crippen molar-refractivity contribution in [2.24, 2.45) is 0 Å². The lowest BCUT2D eigenvalue weighted by Crippen LogP contribution is -2.26. The van der Waals surface area contributed by atoms with Crippen LogP contribution in [0.15, 0.2) is 97.1 Å². The molecule has 0 spiro atoms. The standard InChI is InChI=1S/C73H90N2S5/c1-7-11-15-19-23-27-33-54-49-66(78-71(54)64-42-37-52(6)76-64)59-40-41-60(70-69(59)74-80-75-70)67-50-55(34-28-24-20-16-12-8-2)72(79-67)65-44-43-63(77-65)53-38-39-58-61(48-53)73(45-31-25-21-17-13-9-3,46-32-26-22-18-14-10-4)62-47-51(5)56-35-29-30-36-57(56)68(58)62/h29-30,35-44,47-50H,7-28,31-34,45-46H2,1-6H3. The molecule has 0 saturated heterocycles. The Bertz CT molecular complexity index is 3390. The summed E-state index contributed by atoms with van der Waals surface area (Å²) in [4.78, 5) is 11.1. The van der Waals surface area contributed by atoms with Crippen LogP contribution in [0, 0.1) is 13.8 Å². The second-order valence-electron chi connectivity index (χ2n) is 23.7. The van der Waals surface area contributed by atoms with Crippen LogP contribution in [0.1, 0.15) is 227 Å². The van der Waals surface area contributed by atoms with Crippen LogP contribution in [0.4, 0.5) is 0 Å². The van der Waals surface area contributed by atoms with Gasteiger partial charge >= 0.3 is 0 Å². The minimum Gasteiger partial charge on any atom is -0.172 e. The molecule has 0 saturated carbocycles. The summed E-state index contributed by atoms with van der Waals surface area (Å²) in [7, 11) is 0. The summed E-state index contributed by atoms with van der Waals surface area (Å²) < 4.78 is 10.2. The molecule has 9 aromatic rings. The lowest BCUT2D eigenvalue weighted by molar-refractivity contribution is 0.398. The molecule has 422 valence electrons. The summed E-state index contributed by atoms with van der Waals surface area (Å²) >= 11 is 9.25. The zero-order valence-electron chi connectivity index (χ0n) is 49.5. The van der Waals surface area contributed by atoms with E-state index in [4.69, 9.17) is 8.75 Å². The van der Waals surface area contributed by atoms with Crippen LogP contribution in [-0.4, -0.2) is 8.75 Å². The van der Waals surface area contributed by atoms with E-state index in [0.29, 0.717) is 0 Å². The molecule has 0 unspecified atom stereocenters. The van der Waals surface area contributed by atoms with Gasteiger partial charge in [-0.1, -0.05) is 224 Å². The van der Waals surface area contributed by atoms with Crippen LogP contribution in [0.5, 0.6) is 0 Å². The topological polar surface area (TPSA) is 25.8 Å². The fourth-order valence-corrected chi connectivity index (χ4v) is 18.5. The van der Waals surface area contributed by atoms with Crippen LogP contribution in [0.2, 0.25) is 0 Å². The van der Waals surface area contributed by atoms with Crippen molar-refractivity contribution >= 4 is 78.9 Å². The molecule has 0 atom stereocenters. The first-order chi connectivity index (χ1) is 39.3. The number of thiophene rings is 4. The zero-order chi connectivity index (χ0) is 55.3. The number of aryl methyl sites for hydroxylation is 4. The summed E-state index contributed by atoms with van der Waals surface area (Å²) in [5, 5.41) is 2.84. The van der Waals surface area contributed by atoms with Gasteiger partial charge in [-0.25, -0.2) is 0 Å². The first-order valence-corrected chi connectivity index (χ1v) is 35.7. The van der Waals surface area contributed by atoms with Gasteiger partial charge in [-0.15, -0.1) is 45.3 Å². The normalized spacial score (nSPS) is 12.9. The average Bonchev–Trinajstić information content (AvgIpc) is 4.42. The van der Waals surface area contributed by atoms with E-state index in [1.807, 2.05) is 45.3 Å². The fourth-order valence-electron chi connectivity index (χ4n) is 13.3.